The van der Waals surface area contributed by atoms with Crippen molar-refractivity contribution in [3.63, 3.8) is 0 Å². The highest BCUT2D eigenvalue weighted by molar-refractivity contribution is 7.80. The third kappa shape index (κ3) is 3.31. The Morgan fingerprint density at radius 3 is 2.30 bits per heavy atom. The van der Waals surface area contributed by atoms with Crippen molar-refractivity contribution in [3.05, 3.63) is 82.4 Å². The topological polar surface area (TPSA) is 33.1 Å². The van der Waals surface area contributed by atoms with Gasteiger partial charge in [-0.2, -0.15) is 0 Å². The third-order valence-electron chi connectivity index (χ3n) is 6.14. The molecule has 0 saturated carbocycles. The van der Waals surface area contributed by atoms with Crippen LogP contribution in [0.4, 0.5) is 0 Å². The van der Waals surface area contributed by atoms with Crippen LogP contribution in [0.15, 0.2) is 48.7 Å². The number of para-hydroxylation sites is 1. The molecule has 1 aliphatic heterocycles. The van der Waals surface area contributed by atoms with Crippen LogP contribution in [-0.2, 0) is 0 Å². The fourth-order valence-corrected chi connectivity index (χ4v) is 5.30. The van der Waals surface area contributed by atoms with Gasteiger partial charge in [0.1, 0.15) is 0 Å². The lowest BCUT2D eigenvalue weighted by atomic mass is 9.96. The molecular formula is C25H30N4S. The number of hydrogen-bond acceptors (Lipinski definition) is 2. The quantitative estimate of drug-likeness (QED) is 0.568. The van der Waals surface area contributed by atoms with E-state index in [0.29, 0.717) is 0 Å². The fraction of sp³-hybridized carbons (Fsp3) is 0.360. The van der Waals surface area contributed by atoms with Crippen molar-refractivity contribution < 1.29 is 0 Å². The molecular weight excluding hydrogens is 388 g/mol. The van der Waals surface area contributed by atoms with Gasteiger partial charge in [-0.05, 0) is 88.6 Å². The van der Waals surface area contributed by atoms with E-state index < -0.39 is 0 Å². The van der Waals surface area contributed by atoms with E-state index in [1.165, 1.54) is 33.8 Å². The second kappa shape index (κ2) is 7.88. The molecule has 0 amide bonds. The normalized spacial score (nSPS) is 18.9. The van der Waals surface area contributed by atoms with Crippen molar-refractivity contribution in [2.45, 2.75) is 59.7 Å². The summed E-state index contributed by atoms with van der Waals surface area (Å²) in [4.78, 5) is 6.98. The molecule has 30 heavy (non-hydrogen) atoms. The van der Waals surface area contributed by atoms with E-state index in [4.69, 9.17) is 12.2 Å². The third-order valence-corrected chi connectivity index (χ3v) is 6.47. The first-order valence-electron chi connectivity index (χ1n) is 10.6. The Balaban J connectivity index is 1.90. The molecule has 0 aliphatic carbocycles. The Hall–Kier alpha value is -2.66. The number of thiocarbonyl (C=S) groups is 1. The smallest absolute Gasteiger partial charge is 0.170 e. The maximum atomic E-state index is 5.77. The summed E-state index contributed by atoms with van der Waals surface area (Å²) in [5, 5.41) is 4.35. The van der Waals surface area contributed by atoms with Crippen molar-refractivity contribution in [3.8, 4) is 5.69 Å². The van der Waals surface area contributed by atoms with Gasteiger partial charge >= 0.3 is 0 Å². The van der Waals surface area contributed by atoms with Gasteiger partial charge in [-0.1, -0.05) is 24.3 Å². The van der Waals surface area contributed by atoms with Crippen LogP contribution in [0.1, 0.15) is 59.7 Å². The van der Waals surface area contributed by atoms with Gasteiger partial charge in [0.15, 0.2) is 5.11 Å². The second-order valence-electron chi connectivity index (χ2n) is 8.53. The molecule has 2 aromatic heterocycles. The summed E-state index contributed by atoms with van der Waals surface area (Å²) in [5.74, 6) is 0. The van der Waals surface area contributed by atoms with Crippen molar-refractivity contribution in [1.82, 2.24) is 19.8 Å². The van der Waals surface area contributed by atoms with E-state index in [1.54, 1.807) is 0 Å². The van der Waals surface area contributed by atoms with Crippen LogP contribution >= 0.6 is 12.2 Å². The molecule has 156 valence electrons. The molecule has 3 heterocycles. The van der Waals surface area contributed by atoms with E-state index >= 15 is 0 Å². The van der Waals surface area contributed by atoms with Crippen LogP contribution in [0.3, 0.4) is 0 Å². The molecule has 0 unspecified atom stereocenters. The van der Waals surface area contributed by atoms with E-state index in [0.717, 1.165) is 10.8 Å². The molecule has 1 fully saturated rings. The molecule has 4 rings (SSSR count). The molecule has 1 saturated heterocycles. The van der Waals surface area contributed by atoms with Crippen LogP contribution in [-0.4, -0.2) is 25.6 Å². The summed E-state index contributed by atoms with van der Waals surface area (Å²) in [5.41, 5.74) is 8.65. The van der Waals surface area contributed by atoms with Gasteiger partial charge in [-0.3, -0.25) is 4.98 Å². The minimum absolute atomic E-state index is 0.0213. The van der Waals surface area contributed by atoms with Crippen LogP contribution in [0, 0.1) is 27.7 Å². The number of nitrogens with zero attached hydrogens (tertiary/aromatic N) is 3. The average Bonchev–Trinajstić information content (AvgIpc) is 3.19. The fourth-order valence-electron chi connectivity index (χ4n) is 4.84. The highest BCUT2D eigenvalue weighted by Crippen LogP contribution is 2.42. The second-order valence-corrected chi connectivity index (χ2v) is 8.92. The Labute approximate surface area is 184 Å². The lowest BCUT2D eigenvalue weighted by Crippen LogP contribution is -2.35. The highest BCUT2D eigenvalue weighted by atomic mass is 32.1. The van der Waals surface area contributed by atoms with E-state index in [1.807, 2.05) is 18.3 Å². The minimum Gasteiger partial charge on any atom is -0.352 e. The molecule has 3 aromatic rings. The van der Waals surface area contributed by atoms with Gasteiger partial charge in [0, 0.05) is 23.6 Å². The Morgan fingerprint density at radius 1 is 1.00 bits per heavy atom. The molecule has 1 N–H and O–H groups in total. The molecule has 0 radical (unpaired) electrons. The highest BCUT2D eigenvalue weighted by Gasteiger charge is 2.42. The Kier molecular flexibility index (Phi) is 5.41. The monoisotopic (exact) mass is 418 g/mol. The van der Waals surface area contributed by atoms with Crippen LogP contribution in [0.5, 0.6) is 0 Å². The summed E-state index contributed by atoms with van der Waals surface area (Å²) in [6, 6.07) is 15.3. The van der Waals surface area contributed by atoms with Gasteiger partial charge < -0.3 is 14.8 Å². The summed E-state index contributed by atoms with van der Waals surface area (Å²) in [6.45, 7) is 13.2. The minimum atomic E-state index is 0.0213. The molecule has 0 bridgehead atoms. The number of benzene rings is 1. The molecule has 1 aromatic carbocycles. The lowest BCUT2D eigenvalue weighted by molar-refractivity contribution is 0.269. The largest absolute Gasteiger partial charge is 0.352 e. The van der Waals surface area contributed by atoms with Crippen LogP contribution in [0.2, 0.25) is 0 Å². The maximum absolute atomic E-state index is 5.77. The number of nitrogens with one attached hydrogen (secondary N) is 1. The predicted octanol–water partition coefficient (Wildman–Crippen LogP) is 5.49. The van der Waals surface area contributed by atoms with Gasteiger partial charge in [-0.25, -0.2) is 0 Å². The molecule has 1 aliphatic rings. The first-order valence-corrected chi connectivity index (χ1v) is 11.0. The summed E-state index contributed by atoms with van der Waals surface area (Å²) >= 11 is 5.77. The standard InChI is InChI=1S/C25H30N4S/c1-15(2)28-24(22(27-25(28)30)21-12-7-8-13-26-21)20-14-18(5)29(19(20)6)23-16(3)10-9-11-17(23)4/h7-15,22,24H,1-6H3,(H,27,30)/t22-,24-/m0/s1. The zero-order chi connectivity index (χ0) is 21.6. The zero-order valence-electron chi connectivity index (χ0n) is 18.6. The van der Waals surface area contributed by atoms with Crippen molar-refractivity contribution in [2.24, 2.45) is 0 Å². The first-order chi connectivity index (χ1) is 14.3. The Bertz CT molecular complexity index is 1060. The zero-order valence-corrected chi connectivity index (χ0v) is 19.4. The predicted molar refractivity (Wildman–Crippen MR) is 127 cm³/mol. The lowest BCUT2D eigenvalue weighted by Gasteiger charge is -2.31. The van der Waals surface area contributed by atoms with E-state index in [2.05, 4.69) is 91.6 Å². The molecule has 4 nitrogen and oxygen atoms in total. The summed E-state index contributed by atoms with van der Waals surface area (Å²) < 4.78 is 2.40. The van der Waals surface area contributed by atoms with Crippen LogP contribution < -0.4 is 5.32 Å². The number of pyridine rings is 1. The van der Waals surface area contributed by atoms with E-state index in [9.17, 15) is 0 Å². The van der Waals surface area contributed by atoms with Gasteiger partial charge in [0.25, 0.3) is 0 Å². The number of aromatic nitrogens is 2. The SMILES string of the molecule is Cc1cccc(C)c1-n1c(C)cc([C@H]2[C@H](c3ccccn3)NC(=S)N2C(C)C)c1C. The summed E-state index contributed by atoms with van der Waals surface area (Å²) in [6.07, 6.45) is 1.86. The van der Waals surface area contributed by atoms with Gasteiger partial charge in [0.2, 0.25) is 0 Å². The first kappa shape index (κ1) is 20.6. The van der Waals surface area contributed by atoms with Gasteiger partial charge in [0.05, 0.1) is 23.5 Å². The average molecular weight is 419 g/mol. The van der Waals surface area contributed by atoms with Crippen molar-refractivity contribution >= 4 is 17.3 Å². The number of rotatable bonds is 4. The molecule has 2 atom stereocenters. The van der Waals surface area contributed by atoms with Crippen molar-refractivity contribution in [1.29, 1.82) is 0 Å². The van der Waals surface area contributed by atoms with E-state index in [-0.39, 0.29) is 18.1 Å². The molecule has 5 heteroatoms. The van der Waals surface area contributed by atoms with Crippen LogP contribution in [0.25, 0.3) is 5.69 Å². The Morgan fingerprint density at radius 2 is 1.70 bits per heavy atom. The molecule has 0 spiro atoms. The maximum Gasteiger partial charge on any atom is 0.170 e. The van der Waals surface area contributed by atoms with Crippen molar-refractivity contribution in [2.75, 3.05) is 0 Å². The summed E-state index contributed by atoms with van der Waals surface area (Å²) in [7, 11) is 0. The van der Waals surface area contributed by atoms with Gasteiger partial charge in [-0.15, -0.1) is 0 Å². The number of aryl methyl sites for hydroxylation is 3. The number of hydrogen-bond donors (Lipinski definition) is 1.